The second-order valence-electron chi connectivity index (χ2n) is 4.04. The second kappa shape index (κ2) is 5.85. The van der Waals surface area contributed by atoms with Crippen LogP contribution in [0.5, 0.6) is 5.75 Å². The Kier molecular flexibility index (Phi) is 4.32. The molecule has 0 aliphatic heterocycles. The predicted molar refractivity (Wildman–Crippen MR) is 70.4 cm³/mol. The number of benzene rings is 2. The first-order chi connectivity index (χ1) is 9.85. The van der Waals surface area contributed by atoms with Gasteiger partial charge in [0.2, 0.25) is 5.78 Å². The Bertz CT molecular complexity index is 685. The van der Waals surface area contributed by atoms with Crippen molar-refractivity contribution in [2.24, 2.45) is 0 Å². The van der Waals surface area contributed by atoms with Crippen molar-refractivity contribution < 1.29 is 27.1 Å². The van der Waals surface area contributed by atoms with E-state index in [9.17, 15) is 22.4 Å². The van der Waals surface area contributed by atoms with E-state index < -0.39 is 40.2 Å². The molecule has 0 bridgehead atoms. The SMILES string of the molecule is COc1cc(F)c(C(=O)c2c(F)cc(Br)cc2F)c(F)c1. The van der Waals surface area contributed by atoms with E-state index in [4.69, 9.17) is 0 Å². The molecule has 0 unspecified atom stereocenters. The monoisotopic (exact) mass is 362 g/mol. The lowest BCUT2D eigenvalue weighted by molar-refractivity contribution is 0.102. The molecule has 0 aliphatic rings. The van der Waals surface area contributed by atoms with Gasteiger partial charge in [0.1, 0.15) is 29.0 Å². The molecule has 21 heavy (non-hydrogen) atoms. The lowest BCUT2D eigenvalue weighted by Crippen LogP contribution is -2.12. The first-order valence-electron chi connectivity index (χ1n) is 5.57. The highest BCUT2D eigenvalue weighted by molar-refractivity contribution is 9.10. The summed E-state index contributed by atoms with van der Waals surface area (Å²) in [6.45, 7) is 0. The van der Waals surface area contributed by atoms with Crippen LogP contribution in [0.15, 0.2) is 28.7 Å². The smallest absolute Gasteiger partial charge is 0.204 e. The molecule has 0 radical (unpaired) electrons. The molecular weight excluding hydrogens is 356 g/mol. The van der Waals surface area contributed by atoms with Crippen LogP contribution in [0.3, 0.4) is 0 Å². The van der Waals surface area contributed by atoms with E-state index in [-0.39, 0.29) is 10.2 Å². The molecule has 2 aromatic carbocycles. The first kappa shape index (κ1) is 15.5. The summed E-state index contributed by atoms with van der Waals surface area (Å²) in [4.78, 5) is 12.0. The minimum atomic E-state index is -1.42. The molecule has 0 aliphatic carbocycles. The van der Waals surface area contributed by atoms with Crippen LogP contribution in [0, 0.1) is 23.3 Å². The van der Waals surface area contributed by atoms with Gasteiger partial charge in [-0.25, -0.2) is 17.6 Å². The van der Waals surface area contributed by atoms with Crippen LogP contribution in [0.25, 0.3) is 0 Å². The van der Waals surface area contributed by atoms with Gasteiger partial charge in [0.25, 0.3) is 0 Å². The first-order valence-corrected chi connectivity index (χ1v) is 6.36. The Balaban J connectivity index is 2.61. The van der Waals surface area contributed by atoms with Gasteiger partial charge in [0.05, 0.1) is 18.2 Å². The fourth-order valence-electron chi connectivity index (χ4n) is 1.77. The van der Waals surface area contributed by atoms with Gasteiger partial charge in [-0.2, -0.15) is 0 Å². The van der Waals surface area contributed by atoms with Crippen molar-refractivity contribution in [1.29, 1.82) is 0 Å². The number of carbonyl (C=O) groups is 1. The third kappa shape index (κ3) is 2.92. The maximum Gasteiger partial charge on any atom is 0.204 e. The molecule has 0 amide bonds. The molecule has 0 saturated carbocycles. The van der Waals surface area contributed by atoms with Gasteiger partial charge < -0.3 is 4.74 Å². The van der Waals surface area contributed by atoms with Crippen molar-refractivity contribution in [3.8, 4) is 5.75 Å². The van der Waals surface area contributed by atoms with Gasteiger partial charge in [0.15, 0.2) is 0 Å². The molecular formula is C14H7BrF4O2. The van der Waals surface area contributed by atoms with Crippen molar-refractivity contribution in [2.75, 3.05) is 7.11 Å². The molecule has 0 N–H and O–H groups in total. The van der Waals surface area contributed by atoms with Gasteiger partial charge in [-0.3, -0.25) is 4.79 Å². The normalized spacial score (nSPS) is 10.6. The van der Waals surface area contributed by atoms with E-state index in [0.29, 0.717) is 0 Å². The molecule has 110 valence electrons. The van der Waals surface area contributed by atoms with Gasteiger partial charge >= 0.3 is 0 Å². The minimum Gasteiger partial charge on any atom is -0.497 e. The third-order valence-electron chi connectivity index (χ3n) is 2.71. The molecule has 0 spiro atoms. The number of ketones is 1. The van der Waals surface area contributed by atoms with Crippen LogP contribution in [-0.4, -0.2) is 12.9 Å². The van der Waals surface area contributed by atoms with E-state index in [1.807, 2.05) is 0 Å². The van der Waals surface area contributed by atoms with E-state index in [2.05, 4.69) is 20.7 Å². The fourth-order valence-corrected chi connectivity index (χ4v) is 2.17. The number of ether oxygens (including phenoxy) is 1. The van der Waals surface area contributed by atoms with E-state index >= 15 is 0 Å². The van der Waals surface area contributed by atoms with E-state index in [1.54, 1.807) is 0 Å². The van der Waals surface area contributed by atoms with Gasteiger partial charge in [-0.1, -0.05) is 15.9 Å². The number of methoxy groups -OCH3 is 1. The summed E-state index contributed by atoms with van der Waals surface area (Å²) in [5.41, 5.74) is -2.07. The molecule has 7 heteroatoms. The standard InChI is InChI=1S/C14H7BrF4O2/c1-21-7-4-10(18)13(11(19)5-7)14(20)12-8(16)2-6(15)3-9(12)17/h2-5H,1H3. The Morgan fingerprint density at radius 1 is 0.905 bits per heavy atom. The van der Waals surface area contributed by atoms with Crippen LogP contribution in [0.2, 0.25) is 0 Å². The highest BCUT2D eigenvalue weighted by Crippen LogP contribution is 2.26. The zero-order valence-corrected chi connectivity index (χ0v) is 12.1. The number of rotatable bonds is 3. The number of carbonyl (C=O) groups excluding carboxylic acids is 1. The van der Waals surface area contributed by atoms with Crippen LogP contribution < -0.4 is 4.74 Å². The lowest BCUT2D eigenvalue weighted by Gasteiger charge is -2.09. The van der Waals surface area contributed by atoms with Crippen molar-refractivity contribution in [2.45, 2.75) is 0 Å². The maximum atomic E-state index is 13.8. The van der Waals surface area contributed by atoms with Gasteiger partial charge in [-0.15, -0.1) is 0 Å². The molecule has 2 nitrogen and oxygen atoms in total. The fraction of sp³-hybridized carbons (Fsp3) is 0.0714. The summed E-state index contributed by atoms with van der Waals surface area (Å²) < 4.78 is 59.6. The van der Waals surface area contributed by atoms with Crippen molar-refractivity contribution in [3.05, 3.63) is 63.1 Å². The van der Waals surface area contributed by atoms with E-state index in [0.717, 1.165) is 24.3 Å². The molecule has 0 atom stereocenters. The zero-order chi connectivity index (χ0) is 15.7. The maximum absolute atomic E-state index is 13.8. The summed E-state index contributed by atoms with van der Waals surface area (Å²) >= 11 is 2.84. The average molecular weight is 363 g/mol. The summed E-state index contributed by atoms with van der Waals surface area (Å²) in [7, 11) is 1.18. The number of hydrogen-bond acceptors (Lipinski definition) is 2. The molecule has 0 saturated heterocycles. The minimum absolute atomic E-state index is 0.0599. The molecule has 0 aromatic heterocycles. The highest BCUT2D eigenvalue weighted by Gasteiger charge is 2.26. The van der Waals surface area contributed by atoms with Crippen molar-refractivity contribution in [3.63, 3.8) is 0 Å². The zero-order valence-electron chi connectivity index (χ0n) is 10.5. The third-order valence-corrected chi connectivity index (χ3v) is 3.17. The van der Waals surface area contributed by atoms with Crippen LogP contribution >= 0.6 is 15.9 Å². The van der Waals surface area contributed by atoms with Crippen LogP contribution in [0.1, 0.15) is 15.9 Å². The topological polar surface area (TPSA) is 26.3 Å². The summed E-state index contributed by atoms with van der Waals surface area (Å²) in [5, 5.41) is 0. The van der Waals surface area contributed by atoms with Crippen LogP contribution in [0.4, 0.5) is 17.6 Å². The van der Waals surface area contributed by atoms with E-state index in [1.165, 1.54) is 7.11 Å². The Hall–Kier alpha value is -1.89. The summed E-state index contributed by atoms with van der Waals surface area (Å²) in [5.74, 6) is -6.55. The Morgan fingerprint density at radius 3 is 1.67 bits per heavy atom. The molecule has 0 heterocycles. The van der Waals surface area contributed by atoms with Crippen LogP contribution in [-0.2, 0) is 0 Å². The molecule has 0 fully saturated rings. The lowest BCUT2D eigenvalue weighted by atomic mass is 10.0. The summed E-state index contributed by atoms with van der Waals surface area (Å²) in [6.07, 6.45) is 0. The van der Waals surface area contributed by atoms with Gasteiger partial charge in [0, 0.05) is 16.6 Å². The predicted octanol–water partition coefficient (Wildman–Crippen LogP) is 4.25. The number of halogens is 5. The quantitative estimate of drug-likeness (QED) is 0.602. The summed E-state index contributed by atoms with van der Waals surface area (Å²) in [6, 6.07) is 3.17. The molecule has 2 rings (SSSR count). The molecule has 2 aromatic rings. The van der Waals surface area contributed by atoms with Crippen molar-refractivity contribution in [1.82, 2.24) is 0 Å². The number of hydrogen-bond donors (Lipinski definition) is 0. The Morgan fingerprint density at radius 2 is 1.29 bits per heavy atom. The average Bonchev–Trinajstić information content (AvgIpc) is 2.36. The highest BCUT2D eigenvalue weighted by atomic mass is 79.9. The van der Waals surface area contributed by atoms with Gasteiger partial charge in [-0.05, 0) is 12.1 Å². The Labute approximate surface area is 125 Å². The second-order valence-corrected chi connectivity index (χ2v) is 4.96. The largest absolute Gasteiger partial charge is 0.497 e. The van der Waals surface area contributed by atoms with Crippen molar-refractivity contribution >= 4 is 21.7 Å².